The topological polar surface area (TPSA) is 21.6 Å². The Kier molecular flexibility index (Phi) is 5.84. The van der Waals surface area contributed by atoms with Crippen molar-refractivity contribution in [1.82, 2.24) is 0 Å². The van der Waals surface area contributed by atoms with E-state index < -0.39 is 0 Å². The third-order valence-corrected chi connectivity index (χ3v) is 4.64. The standard InChI is InChI=1S/C22H24NO/c1-2-18-7-6-8-20(15-18)17-24-23-16-19-11-13-22(14-12-19)21-9-4-3-5-10-21/h2,6-8,11-15,21H,1,3-5,9-10,17H2. The first kappa shape index (κ1) is 16.5. The molecule has 1 fully saturated rings. The molecule has 0 aliphatic heterocycles. The van der Waals surface area contributed by atoms with Gasteiger partial charge in [0.25, 0.3) is 0 Å². The quantitative estimate of drug-likeness (QED) is 0.487. The van der Waals surface area contributed by atoms with E-state index in [0.29, 0.717) is 6.61 Å². The summed E-state index contributed by atoms with van der Waals surface area (Å²) in [7, 11) is 0. The molecule has 1 aliphatic carbocycles. The zero-order chi connectivity index (χ0) is 16.6. The summed E-state index contributed by atoms with van der Waals surface area (Å²) in [5, 5.41) is 3.96. The average Bonchev–Trinajstić information content (AvgIpc) is 2.67. The maximum Gasteiger partial charge on any atom is 0.142 e. The van der Waals surface area contributed by atoms with Crippen molar-refractivity contribution in [2.75, 3.05) is 0 Å². The van der Waals surface area contributed by atoms with Crippen molar-refractivity contribution in [3.63, 3.8) is 0 Å². The highest BCUT2D eigenvalue weighted by molar-refractivity contribution is 5.79. The summed E-state index contributed by atoms with van der Waals surface area (Å²) in [6.45, 7) is 4.21. The van der Waals surface area contributed by atoms with Gasteiger partial charge in [-0.3, -0.25) is 0 Å². The van der Waals surface area contributed by atoms with Crippen LogP contribution in [0.5, 0.6) is 0 Å². The fourth-order valence-electron chi connectivity index (χ4n) is 3.27. The van der Waals surface area contributed by atoms with Gasteiger partial charge >= 0.3 is 0 Å². The predicted molar refractivity (Wildman–Crippen MR) is 100 cm³/mol. The summed E-state index contributed by atoms with van der Waals surface area (Å²) >= 11 is 0. The van der Waals surface area contributed by atoms with Crippen LogP contribution in [-0.2, 0) is 11.4 Å². The fraction of sp³-hybridized carbons (Fsp3) is 0.318. The summed E-state index contributed by atoms with van der Waals surface area (Å²) in [6.07, 6.45) is 11.5. The normalized spacial score (nSPS) is 15.5. The van der Waals surface area contributed by atoms with E-state index in [0.717, 1.165) is 22.6 Å². The summed E-state index contributed by atoms with van der Waals surface area (Å²) < 4.78 is 0. The van der Waals surface area contributed by atoms with E-state index >= 15 is 0 Å². The Labute approximate surface area is 144 Å². The van der Waals surface area contributed by atoms with Crippen molar-refractivity contribution in [1.29, 1.82) is 0 Å². The molecule has 1 aliphatic rings. The molecule has 0 atom stereocenters. The Hall–Kier alpha value is -2.35. The van der Waals surface area contributed by atoms with Crippen molar-refractivity contribution in [2.45, 2.75) is 44.6 Å². The smallest absolute Gasteiger partial charge is 0.142 e. The third kappa shape index (κ3) is 4.58. The fourth-order valence-corrected chi connectivity index (χ4v) is 3.27. The van der Waals surface area contributed by atoms with E-state index in [1.807, 2.05) is 30.3 Å². The van der Waals surface area contributed by atoms with Crippen LogP contribution < -0.4 is 0 Å². The van der Waals surface area contributed by atoms with Crippen LogP contribution in [0, 0.1) is 0 Å². The molecule has 24 heavy (non-hydrogen) atoms. The molecule has 2 heteroatoms. The molecule has 1 saturated carbocycles. The highest BCUT2D eigenvalue weighted by Gasteiger charge is 2.14. The first-order chi connectivity index (χ1) is 11.8. The lowest BCUT2D eigenvalue weighted by molar-refractivity contribution is 0.132. The second-order valence-electron chi connectivity index (χ2n) is 6.38. The summed E-state index contributed by atoms with van der Waals surface area (Å²) in [5.74, 6) is 0.734. The maximum absolute atomic E-state index is 5.35. The Balaban J connectivity index is 1.51. The van der Waals surface area contributed by atoms with Crippen LogP contribution in [-0.4, -0.2) is 6.21 Å². The minimum absolute atomic E-state index is 0.439. The number of hydrogen-bond acceptors (Lipinski definition) is 2. The molecule has 2 nitrogen and oxygen atoms in total. The monoisotopic (exact) mass is 318 g/mol. The summed E-state index contributed by atoms with van der Waals surface area (Å²) in [4.78, 5) is 5.35. The Morgan fingerprint density at radius 1 is 1.08 bits per heavy atom. The minimum atomic E-state index is 0.439. The van der Waals surface area contributed by atoms with Gasteiger partial charge in [0.05, 0.1) is 0 Å². The molecular weight excluding hydrogens is 294 g/mol. The van der Waals surface area contributed by atoms with Crippen molar-refractivity contribution in [3.8, 4) is 0 Å². The first-order valence-corrected chi connectivity index (χ1v) is 8.74. The Bertz CT molecular complexity index is 681. The van der Waals surface area contributed by atoms with Crippen molar-refractivity contribution < 1.29 is 4.84 Å². The van der Waals surface area contributed by atoms with Gasteiger partial charge in [0.15, 0.2) is 0 Å². The predicted octanol–water partition coefficient (Wildman–Crippen LogP) is 5.81. The lowest BCUT2D eigenvalue weighted by Gasteiger charge is -2.21. The molecule has 123 valence electrons. The van der Waals surface area contributed by atoms with Crippen LogP contribution in [0.1, 0.15) is 60.3 Å². The van der Waals surface area contributed by atoms with Gasteiger partial charge in [-0.2, -0.15) is 0 Å². The van der Waals surface area contributed by atoms with Crippen molar-refractivity contribution >= 4 is 12.3 Å². The van der Waals surface area contributed by atoms with E-state index in [9.17, 15) is 0 Å². The molecule has 0 bridgehead atoms. The summed E-state index contributed by atoms with van der Waals surface area (Å²) in [5.41, 5.74) is 4.56. The van der Waals surface area contributed by atoms with E-state index in [-0.39, 0.29) is 0 Å². The number of nitrogens with zero attached hydrogens (tertiary/aromatic N) is 1. The molecule has 0 amide bonds. The molecule has 2 aromatic carbocycles. The van der Waals surface area contributed by atoms with Gasteiger partial charge in [-0.15, -0.1) is 0 Å². The largest absolute Gasteiger partial charge is 0.390 e. The molecule has 0 N–H and O–H groups in total. The van der Waals surface area contributed by atoms with Crippen LogP contribution in [0.3, 0.4) is 0 Å². The molecule has 3 rings (SSSR count). The van der Waals surface area contributed by atoms with Gasteiger partial charge in [0.1, 0.15) is 12.8 Å². The van der Waals surface area contributed by atoms with Gasteiger partial charge in [-0.1, -0.05) is 79.5 Å². The molecule has 2 aromatic rings. The molecule has 0 heterocycles. The third-order valence-electron chi connectivity index (χ3n) is 4.64. The van der Waals surface area contributed by atoms with Gasteiger partial charge < -0.3 is 4.84 Å². The SMILES string of the molecule is C=Cc1cccc(CO/N=[C]\c2ccc(C3CCCCC3)cc2)c1. The Morgan fingerprint density at radius 2 is 1.88 bits per heavy atom. The van der Waals surface area contributed by atoms with Crippen molar-refractivity contribution in [2.24, 2.45) is 5.16 Å². The maximum atomic E-state index is 5.35. The van der Waals surface area contributed by atoms with Crippen LogP contribution in [0.15, 0.2) is 60.3 Å². The van der Waals surface area contributed by atoms with E-state index in [4.69, 9.17) is 4.84 Å². The lowest BCUT2D eigenvalue weighted by atomic mass is 9.84. The average molecular weight is 318 g/mol. The Morgan fingerprint density at radius 3 is 2.62 bits per heavy atom. The highest BCUT2D eigenvalue weighted by Crippen LogP contribution is 2.32. The second kappa shape index (κ2) is 8.49. The second-order valence-corrected chi connectivity index (χ2v) is 6.38. The van der Waals surface area contributed by atoms with E-state index in [1.54, 1.807) is 0 Å². The lowest BCUT2D eigenvalue weighted by Crippen LogP contribution is -2.04. The summed E-state index contributed by atoms with van der Waals surface area (Å²) in [6, 6.07) is 16.6. The molecule has 0 unspecified atom stereocenters. The first-order valence-electron chi connectivity index (χ1n) is 8.74. The zero-order valence-electron chi connectivity index (χ0n) is 14.1. The van der Waals surface area contributed by atoms with Crippen LogP contribution in [0.4, 0.5) is 0 Å². The van der Waals surface area contributed by atoms with E-state index in [1.165, 1.54) is 37.7 Å². The molecule has 0 aromatic heterocycles. The van der Waals surface area contributed by atoms with E-state index in [2.05, 4.69) is 42.2 Å². The van der Waals surface area contributed by atoms with Gasteiger partial charge in [-0.05, 0) is 41.5 Å². The number of hydrogen-bond donors (Lipinski definition) is 0. The van der Waals surface area contributed by atoms with Crippen LogP contribution in [0.2, 0.25) is 0 Å². The molecule has 0 saturated heterocycles. The molecular formula is C22H24NO. The molecule has 0 spiro atoms. The molecule has 1 radical (unpaired) electrons. The van der Waals surface area contributed by atoms with Gasteiger partial charge in [0, 0.05) is 5.56 Å². The van der Waals surface area contributed by atoms with Crippen LogP contribution in [0.25, 0.3) is 6.08 Å². The minimum Gasteiger partial charge on any atom is -0.390 e. The number of rotatable bonds is 6. The van der Waals surface area contributed by atoms with Gasteiger partial charge in [0.2, 0.25) is 0 Å². The van der Waals surface area contributed by atoms with Gasteiger partial charge in [-0.25, -0.2) is 0 Å². The zero-order valence-corrected chi connectivity index (χ0v) is 14.1. The van der Waals surface area contributed by atoms with Crippen molar-refractivity contribution in [3.05, 3.63) is 77.4 Å². The number of benzene rings is 2. The highest BCUT2D eigenvalue weighted by atomic mass is 16.6. The van der Waals surface area contributed by atoms with Crippen LogP contribution >= 0.6 is 0 Å².